The molecular formula is C42H27NO. The smallest absolute Gasteiger partial charge is 0.137 e. The maximum Gasteiger partial charge on any atom is 0.137 e. The fraction of sp³-hybridized carbons (Fsp3) is 0. The summed E-state index contributed by atoms with van der Waals surface area (Å²) in [6.07, 6.45) is 0. The topological polar surface area (TPSA) is 16.4 Å². The maximum atomic E-state index is 6.32. The van der Waals surface area contributed by atoms with Gasteiger partial charge < -0.3 is 9.32 Å². The highest BCUT2D eigenvalue weighted by Crippen LogP contribution is 2.44. The Morgan fingerprint density at radius 3 is 1.61 bits per heavy atom. The van der Waals surface area contributed by atoms with Crippen LogP contribution in [0, 0.1) is 0 Å². The number of benzene rings is 8. The molecule has 0 atom stereocenters. The van der Waals surface area contributed by atoms with E-state index in [0.29, 0.717) is 0 Å². The van der Waals surface area contributed by atoms with Gasteiger partial charge in [-0.15, -0.1) is 0 Å². The van der Waals surface area contributed by atoms with Crippen molar-refractivity contribution in [1.29, 1.82) is 0 Å². The molecule has 0 saturated carbocycles. The molecule has 0 radical (unpaired) electrons. The Balaban J connectivity index is 1.26. The summed E-state index contributed by atoms with van der Waals surface area (Å²) >= 11 is 0. The van der Waals surface area contributed by atoms with Gasteiger partial charge in [-0.3, -0.25) is 0 Å². The number of para-hydroxylation sites is 1. The largest absolute Gasteiger partial charge is 0.456 e. The van der Waals surface area contributed by atoms with Crippen molar-refractivity contribution in [3.8, 4) is 11.1 Å². The van der Waals surface area contributed by atoms with Crippen LogP contribution in [0.15, 0.2) is 168 Å². The number of hydrogen-bond acceptors (Lipinski definition) is 2. The van der Waals surface area contributed by atoms with Gasteiger partial charge in [0.1, 0.15) is 11.2 Å². The molecule has 0 bridgehead atoms. The second kappa shape index (κ2) is 9.86. The summed E-state index contributed by atoms with van der Waals surface area (Å²) in [5, 5.41) is 9.57. The van der Waals surface area contributed by atoms with Crippen LogP contribution in [0.1, 0.15) is 0 Å². The molecule has 8 aromatic carbocycles. The summed E-state index contributed by atoms with van der Waals surface area (Å²) in [7, 11) is 0. The van der Waals surface area contributed by atoms with Gasteiger partial charge in [-0.25, -0.2) is 0 Å². The van der Waals surface area contributed by atoms with Crippen molar-refractivity contribution in [2.45, 2.75) is 0 Å². The lowest BCUT2D eigenvalue weighted by Crippen LogP contribution is -2.10. The van der Waals surface area contributed by atoms with E-state index >= 15 is 0 Å². The van der Waals surface area contributed by atoms with Crippen LogP contribution in [-0.4, -0.2) is 0 Å². The van der Waals surface area contributed by atoms with Crippen LogP contribution in [0.3, 0.4) is 0 Å². The molecule has 0 fully saturated rings. The zero-order chi connectivity index (χ0) is 29.0. The predicted octanol–water partition coefficient (Wildman–Crippen LogP) is 12.2. The Kier molecular flexibility index (Phi) is 5.54. The molecule has 0 aliphatic rings. The lowest BCUT2D eigenvalue weighted by Gasteiger charge is -2.27. The number of anilines is 3. The van der Waals surface area contributed by atoms with Crippen molar-refractivity contribution in [3.63, 3.8) is 0 Å². The van der Waals surface area contributed by atoms with E-state index in [-0.39, 0.29) is 0 Å². The highest BCUT2D eigenvalue weighted by Gasteiger charge is 2.20. The van der Waals surface area contributed by atoms with Crippen molar-refractivity contribution >= 4 is 71.3 Å². The van der Waals surface area contributed by atoms with E-state index in [1.165, 1.54) is 43.4 Å². The number of furan rings is 1. The third-order valence-corrected chi connectivity index (χ3v) is 8.78. The molecule has 9 rings (SSSR count). The normalized spacial score (nSPS) is 11.6. The van der Waals surface area contributed by atoms with Gasteiger partial charge in [-0.05, 0) is 98.0 Å². The average molecular weight is 562 g/mol. The first-order valence-electron chi connectivity index (χ1n) is 15.0. The molecule has 0 aliphatic heterocycles. The van der Waals surface area contributed by atoms with E-state index in [1.807, 2.05) is 12.1 Å². The molecule has 0 unspecified atom stereocenters. The van der Waals surface area contributed by atoms with E-state index < -0.39 is 0 Å². The zero-order valence-electron chi connectivity index (χ0n) is 23.9. The molecule has 44 heavy (non-hydrogen) atoms. The number of nitrogens with zero attached hydrogens (tertiary/aromatic N) is 1. The van der Waals surface area contributed by atoms with Crippen LogP contribution in [0.4, 0.5) is 17.1 Å². The molecule has 206 valence electrons. The SMILES string of the molecule is c1ccc2cc(-c3ccc4ccc(N(c5ccc6ccccc6c5)c5cccc6oc7ccccc7c56)cc4c3)ccc2c1. The van der Waals surface area contributed by atoms with Gasteiger partial charge in [0.2, 0.25) is 0 Å². The molecule has 0 N–H and O–H groups in total. The van der Waals surface area contributed by atoms with Gasteiger partial charge in [-0.2, -0.15) is 0 Å². The zero-order valence-corrected chi connectivity index (χ0v) is 23.9. The summed E-state index contributed by atoms with van der Waals surface area (Å²) in [6, 6.07) is 58.7. The number of fused-ring (bicyclic) bond motifs is 6. The molecule has 0 spiro atoms. The van der Waals surface area contributed by atoms with Crippen LogP contribution in [0.5, 0.6) is 0 Å². The van der Waals surface area contributed by atoms with E-state index in [2.05, 4.69) is 157 Å². The molecule has 2 nitrogen and oxygen atoms in total. The highest BCUT2D eigenvalue weighted by atomic mass is 16.3. The minimum absolute atomic E-state index is 0.883. The van der Waals surface area contributed by atoms with Crippen LogP contribution >= 0.6 is 0 Å². The molecular weight excluding hydrogens is 534 g/mol. The Morgan fingerprint density at radius 2 is 0.886 bits per heavy atom. The van der Waals surface area contributed by atoms with Crippen molar-refractivity contribution < 1.29 is 4.42 Å². The summed E-state index contributed by atoms with van der Waals surface area (Å²) < 4.78 is 6.32. The first-order chi connectivity index (χ1) is 21.8. The Bertz CT molecular complexity index is 2520. The summed E-state index contributed by atoms with van der Waals surface area (Å²) in [4.78, 5) is 2.37. The molecule has 0 saturated heterocycles. The molecule has 9 aromatic rings. The highest BCUT2D eigenvalue weighted by molar-refractivity contribution is 6.13. The lowest BCUT2D eigenvalue weighted by molar-refractivity contribution is 0.669. The minimum Gasteiger partial charge on any atom is -0.456 e. The maximum absolute atomic E-state index is 6.32. The summed E-state index contributed by atoms with van der Waals surface area (Å²) in [5.41, 5.74) is 7.50. The molecule has 0 aliphatic carbocycles. The molecule has 1 aromatic heterocycles. The van der Waals surface area contributed by atoms with Gasteiger partial charge in [0.05, 0.1) is 11.1 Å². The molecule has 0 amide bonds. The molecule has 1 heterocycles. The average Bonchev–Trinajstić information content (AvgIpc) is 3.47. The van der Waals surface area contributed by atoms with Gasteiger partial charge in [0.15, 0.2) is 0 Å². The van der Waals surface area contributed by atoms with Crippen LogP contribution in [0.25, 0.3) is 65.4 Å². The second-order valence-electron chi connectivity index (χ2n) is 11.4. The first kappa shape index (κ1) is 24.7. The third-order valence-electron chi connectivity index (χ3n) is 8.78. The second-order valence-corrected chi connectivity index (χ2v) is 11.4. The lowest BCUT2D eigenvalue weighted by atomic mass is 9.98. The Hall–Kier alpha value is -5.86. The fourth-order valence-electron chi connectivity index (χ4n) is 6.61. The quantitative estimate of drug-likeness (QED) is 0.212. The Labute approximate surface area is 255 Å². The Morgan fingerprint density at radius 1 is 0.364 bits per heavy atom. The summed E-state index contributed by atoms with van der Waals surface area (Å²) in [6.45, 7) is 0. The van der Waals surface area contributed by atoms with Crippen molar-refractivity contribution in [2.75, 3.05) is 4.90 Å². The van der Waals surface area contributed by atoms with Crippen LogP contribution in [0.2, 0.25) is 0 Å². The van der Waals surface area contributed by atoms with E-state index in [0.717, 1.165) is 39.0 Å². The van der Waals surface area contributed by atoms with Crippen molar-refractivity contribution in [2.24, 2.45) is 0 Å². The van der Waals surface area contributed by atoms with Gasteiger partial charge in [-0.1, -0.05) is 109 Å². The van der Waals surface area contributed by atoms with Gasteiger partial charge >= 0.3 is 0 Å². The third kappa shape index (κ3) is 4.04. The van der Waals surface area contributed by atoms with E-state index in [1.54, 1.807) is 0 Å². The van der Waals surface area contributed by atoms with E-state index in [9.17, 15) is 0 Å². The fourth-order valence-corrected chi connectivity index (χ4v) is 6.61. The van der Waals surface area contributed by atoms with Crippen molar-refractivity contribution in [3.05, 3.63) is 164 Å². The summed E-state index contributed by atoms with van der Waals surface area (Å²) in [5.74, 6) is 0. The van der Waals surface area contributed by atoms with Crippen LogP contribution in [-0.2, 0) is 0 Å². The molecule has 2 heteroatoms. The number of rotatable bonds is 4. The van der Waals surface area contributed by atoms with Gasteiger partial charge in [0, 0.05) is 16.8 Å². The standard InChI is InChI=1S/C42H27NO/c1-3-10-31-24-33(18-16-28(31)8-1)34-19-17-30-21-23-37(27-35(30)25-34)43(36-22-20-29-9-2-4-11-32(29)26-36)39-13-7-15-41-42(39)38-12-5-6-14-40(38)44-41/h1-27H. The first-order valence-corrected chi connectivity index (χ1v) is 15.0. The van der Waals surface area contributed by atoms with Crippen LogP contribution < -0.4 is 4.90 Å². The van der Waals surface area contributed by atoms with E-state index in [4.69, 9.17) is 4.42 Å². The van der Waals surface area contributed by atoms with Crippen molar-refractivity contribution in [1.82, 2.24) is 0 Å². The monoisotopic (exact) mass is 561 g/mol. The van der Waals surface area contributed by atoms with Gasteiger partial charge in [0.25, 0.3) is 0 Å². The minimum atomic E-state index is 0.883. The predicted molar refractivity (Wildman–Crippen MR) is 186 cm³/mol. The number of hydrogen-bond donors (Lipinski definition) is 0.